The summed E-state index contributed by atoms with van der Waals surface area (Å²) in [5, 5.41) is 8.74. The molecule has 108 valence electrons. The number of hydrogen-bond acceptors (Lipinski definition) is 5. The van der Waals surface area contributed by atoms with Gasteiger partial charge in [0.05, 0.1) is 24.8 Å². The van der Waals surface area contributed by atoms with Gasteiger partial charge in [0.25, 0.3) is 0 Å². The molecule has 0 amide bonds. The van der Waals surface area contributed by atoms with Gasteiger partial charge in [-0.05, 0) is 26.0 Å². The number of ether oxygens (including phenoxy) is 3. The summed E-state index contributed by atoms with van der Waals surface area (Å²) in [5.74, 6) is -2.17. The van der Waals surface area contributed by atoms with Crippen LogP contribution in [0.25, 0.3) is 0 Å². The molecule has 0 fully saturated rings. The van der Waals surface area contributed by atoms with Crippen molar-refractivity contribution in [1.29, 1.82) is 5.26 Å². The van der Waals surface area contributed by atoms with Crippen LogP contribution in [-0.2, 0) is 9.53 Å². The minimum atomic E-state index is -4.13. The lowest BCUT2D eigenvalue weighted by molar-refractivity contribution is -0.216. The first-order chi connectivity index (χ1) is 9.44. The molecule has 1 aromatic rings. The van der Waals surface area contributed by atoms with Gasteiger partial charge in [-0.2, -0.15) is 14.0 Å². The van der Waals surface area contributed by atoms with Gasteiger partial charge in [-0.25, -0.2) is 4.79 Å². The van der Waals surface area contributed by atoms with Crippen LogP contribution in [0.15, 0.2) is 18.2 Å². The monoisotopic (exact) mass is 285 g/mol. The molecule has 0 aromatic heterocycles. The fourth-order valence-corrected chi connectivity index (χ4v) is 1.33. The molecule has 0 aliphatic carbocycles. The fourth-order valence-electron chi connectivity index (χ4n) is 1.33. The second-order valence-electron chi connectivity index (χ2n) is 3.55. The van der Waals surface area contributed by atoms with E-state index in [0.29, 0.717) is 0 Å². The van der Waals surface area contributed by atoms with Crippen LogP contribution in [0, 0.1) is 11.3 Å². The Balaban J connectivity index is 3.02. The molecule has 0 unspecified atom stereocenters. The Hall–Kier alpha value is -2.36. The van der Waals surface area contributed by atoms with Crippen molar-refractivity contribution in [2.75, 3.05) is 13.2 Å². The fraction of sp³-hybridized carbons (Fsp3) is 0.385. The summed E-state index contributed by atoms with van der Waals surface area (Å²) in [6.45, 7) is 3.05. The summed E-state index contributed by atoms with van der Waals surface area (Å²) in [7, 11) is 0. The van der Waals surface area contributed by atoms with E-state index in [0.717, 1.165) is 6.07 Å². The number of esters is 1. The standard InChI is InChI=1S/C13H13F2NO4/c1-3-18-11-7-9(8-16)5-6-10(11)20-13(14,15)12(17)19-4-2/h5-7H,3-4H2,1-2H3. The molecular formula is C13H13F2NO4. The van der Waals surface area contributed by atoms with Crippen LogP contribution in [0.1, 0.15) is 19.4 Å². The molecule has 0 aliphatic rings. The average molecular weight is 285 g/mol. The Kier molecular flexibility index (Phi) is 5.26. The van der Waals surface area contributed by atoms with Crippen LogP contribution in [0.3, 0.4) is 0 Å². The first-order valence-electron chi connectivity index (χ1n) is 5.85. The van der Waals surface area contributed by atoms with Crippen LogP contribution in [0.2, 0.25) is 0 Å². The van der Waals surface area contributed by atoms with Gasteiger partial charge in [-0.1, -0.05) is 0 Å². The molecule has 0 N–H and O–H groups in total. The number of carbonyl (C=O) groups is 1. The summed E-state index contributed by atoms with van der Waals surface area (Å²) in [6.07, 6.45) is -4.13. The Morgan fingerprint density at radius 3 is 2.55 bits per heavy atom. The molecule has 7 heteroatoms. The van der Waals surface area contributed by atoms with Crippen molar-refractivity contribution in [3.63, 3.8) is 0 Å². The van der Waals surface area contributed by atoms with Crippen molar-refractivity contribution < 1.29 is 27.8 Å². The largest absolute Gasteiger partial charge is 0.502 e. The quantitative estimate of drug-likeness (QED) is 0.751. The van der Waals surface area contributed by atoms with E-state index in [-0.39, 0.29) is 30.3 Å². The number of nitrogens with zero attached hydrogens (tertiary/aromatic N) is 1. The highest BCUT2D eigenvalue weighted by atomic mass is 19.3. The lowest BCUT2D eigenvalue weighted by Crippen LogP contribution is -2.37. The SMILES string of the molecule is CCOC(=O)C(F)(F)Oc1ccc(C#N)cc1OCC. The van der Waals surface area contributed by atoms with E-state index in [2.05, 4.69) is 9.47 Å². The van der Waals surface area contributed by atoms with Crippen LogP contribution >= 0.6 is 0 Å². The van der Waals surface area contributed by atoms with Crippen LogP contribution in [-0.4, -0.2) is 25.3 Å². The maximum absolute atomic E-state index is 13.5. The van der Waals surface area contributed by atoms with E-state index >= 15 is 0 Å². The predicted molar refractivity (Wildman–Crippen MR) is 64.5 cm³/mol. The topological polar surface area (TPSA) is 68.5 Å². The number of hydrogen-bond donors (Lipinski definition) is 0. The van der Waals surface area contributed by atoms with E-state index in [4.69, 9.17) is 10.00 Å². The van der Waals surface area contributed by atoms with Crippen molar-refractivity contribution in [1.82, 2.24) is 0 Å². The van der Waals surface area contributed by atoms with E-state index in [1.807, 2.05) is 6.07 Å². The minimum Gasteiger partial charge on any atom is -0.490 e. The molecule has 0 radical (unpaired) electrons. The summed E-state index contributed by atoms with van der Waals surface area (Å²) in [4.78, 5) is 11.1. The average Bonchev–Trinajstić information content (AvgIpc) is 2.41. The van der Waals surface area contributed by atoms with Crippen LogP contribution in [0.5, 0.6) is 11.5 Å². The predicted octanol–water partition coefficient (Wildman–Crippen LogP) is 2.49. The molecule has 20 heavy (non-hydrogen) atoms. The van der Waals surface area contributed by atoms with Crippen molar-refractivity contribution in [3.8, 4) is 17.6 Å². The normalized spacial score (nSPS) is 10.6. The zero-order valence-electron chi connectivity index (χ0n) is 11.0. The first-order valence-corrected chi connectivity index (χ1v) is 5.85. The van der Waals surface area contributed by atoms with E-state index in [9.17, 15) is 13.6 Å². The highest BCUT2D eigenvalue weighted by Crippen LogP contribution is 2.33. The summed E-state index contributed by atoms with van der Waals surface area (Å²) < 4.78 is 40.6. The maximum Gasteiger partial charge on any atom is 0.502 e. The molecule has 1 rings (SSSR count). The van der Waals surface area contributed by atoms with Gasteiger partial charge in [-0.3, -0.25) is 0 Å². The molecule has 0 saturated carbocycles. The van der Waals surface area contributed by atoms with Crippen LogP contribution in [0.4, 0.5) is 8.78 Å². The number of alkyl halides is 2. The van der Waals surface area contributed by atoms with Gasteiger partial charge in [-0.15, -0.1) is 0 Å². The van der Waals surface area contributed by atoms with Crippen molar-refractivity contribution in [2.45, 2.75) is 20.0 Å². The summed E-state index contributed by atoms with van der Waals surface area (Å²) in [5.41, 5.74) is 0.222. The number of halogens is 2. The second-order valence-corrected chi connectivity index (χ2v) is 3.55. The number of rotatable bonds is 6. The highest BCUT2D eigenvalue weighted by molar-refractivity contribution is 5.76. The van der Waals surface area contributed by atoms with Gasteiger partial charge in [0.2, 0.25) is 0 Å². The lowest BCUT2D eigenvalue weighted by atomic mass is 10.2. The molecular weight excluding hydrogens is 272 g/mol. The maximum atomic E-state index is 13.5. The smallest absolute Gasteiger partial charge is 0.490 e. The molecule has 0 atom stereocenters. The zero-order chi connectivity index (χ0) is 15.2. The van der Waals surface area contributed by atoms with Gasteiger partial charge < -0.3 is 14.2 Å². The lowest BCUT2D eigenvalue weighted by Gasteiger charge is -2.18. The van der Waals surface area contributed by atoms with E-state index in [1.54, 1.807) is 6.92 Å². The van der Waals surface area contributed by atoms with E-state index in [1.165, 1.54) is 19.1 Å². The number of benzene rings is 1. The molecule has 0 spiro atoms. The Morgan fingerprint density at radius 2 is 2.00 bits per heavy atom. The Morgan fingerprint density at radius 1 is 1.30 bits per heavy atom. The molecule has 0 aliphatic heterocycles. The third-order valence-corrected chi connectivity index (χ3v) is 2.12. The molecule has 0 bridgehead atoms. The number of carbonyl (C=O) groups excluding carboxylic acids is 1. The summed E-state index contributed by atoms with van der Waals surface area (Å²) in [6, 6.07) is 5.51. The minimum absolute atomic E-state index is 0.0458. The number of nitriles is 1. The van der Waals surface area contributed by atoms with E-state index < -0.39 is 12.1 Å². The first kappa shape index (κ1) is 15.7. The van der Waals surface area contributed by atoms with Gasteiger partial charge in [0.15, 0.2) is 11.5 Å². The van der Waals surface area contributed by atoms with Gasteiger partial charge >= 0.3 is 12.1 Å². The Bertz CT molecular complexity index is 526. The zero-order valence-corrected chi connectivity index (χ0v) is 11.0. The third-order valence-electron chi connectivity index (χ3n) is 2.12. The summed E-state index contributed by atoms with van der Waals surface area (Å²) >= 11 is 0. The van der Waals surface area contributed by atoms with Crippen molar-refractivity contribution >= 4 is 5.97 Å². The van der Waals surface area contributed by atoms with Crippen molar-refractivity contribution in [3.05, 3.63) is 23.8 Å². The second kappa shape index (κ2) is 6.70. The van der Waals surface area contributed by atoms with Gasteiger partial charge in [0, 0.05) is 6.07 Å². The molecule has 0 saturated heterocycles. The molecule has 1 aromatic carbocycles. The molecule has 5 nitrogen and oxygen atoms in total. The Labute approximate surface area is 114 Å². The van der Waals surface area contributed by atoms with Crippen molar-refractivity contribution in [2.24, 2.45) is 0 Å². The van der Waals surface area contributed by atoms with Gasteiger partial charge in [0.1, 0.15) is 0 Å². The molecule has 0 heterocycles. The highest BCUT2D eigenvalue weighted by Gasteiger charge is 2.44. The third kappa shape index (κ3) is 3.82. The van der Waals surface area contributed by atoms with Crippen LogP contribution < -0.4 is 9.47 Å².